The molecule has 23 heavy (non-hydrogen) atoms. The number of likely N-dealkylation sites (N-methyl/N-ethyl adjacent to an activating group) is 1. The molecule has 0 aromatic carbocycles. The minimum absolute atomic E-state index is 0. The lowest BCUT2D eigenvalue weighted by molar-refractivity contribution is -0.143. The minimum atomic E-state index is -0.170. The number of hydrogen-bond acceptors (Lipinski definition) is 5. The van der Waals surface area contributed by atoms with Crippen molar-refractivity contribution < 1.29 is 14.3 Å². The van der Waals surface area contributed by atoms with Gasteiger partial charge >= 0.3 is 5.97 Å². The Labute approximate surface area is 150 Å². The van der Waals surface area contributed by atoms with E-state index < -0.39 is 0 Å². The molecule has 0 spiro atoms. The third-order valence-electron chi connectivity index (χ3n) is 3.81. The predicted octanol–water partition coefficient (Wildman–Crippen LogP) is 2.89. The summed E-state index contributed by atoms with van der Waals surface area (Å²) in [5.41, 5.74) is 1.00. The maximum atomic E-state index is 11.4. The van der Waals surface area contributed by atoms with E-state index in [1.165, 1.54) is 12.8 Å². The van der Waals surface area contributed by atoms with Crippen molar-refractivity contribution in [2.45, 2.75) is 38.6 Å². The smallest absolute Gasteiger partial charge is 0.306 e. The van der Waals surface area contributed by atoms with Gasteiger partial charge < -0.3 is 14.4 Å². The summed E-state index contributed by atoms with van der Waals surface area (Å²) in [7, 11) is 2.13. The lowest BCUT2D eigenvalue weighted by Crippen LogP contribution is -2.30. The quantitative estimate of drug-likeness (QED) is 0.696. The van der Waals surface area contributed by atoms with E-state index in [0.29, 0.717) is 32.1 Å². The van der Waals surface area contributed by atoms with Crippen molar-refractivity contribution in [2.75, 3.05) is 26.8 Å². The van der Waals surface area contributed by atoms with Crippen LogP contribution in [0.5, 0.6) is 5.75 Å². The normalized spacial score (nSPS) is 17.0. The number of carbonyl (C=O) groups excluding carboxylic acids is 1. The number of likely N-dealkylation sites (tertiary alicyclic amines) is 1. The molecule has 0 amide bonds. The van der Waals surface area contributed by atoms with Crippen LogP contribution in [0.1, 0.15) is 31.7 Å². The Bertz CT molecular complexity index is 474. The van der Waals surface area contributed by atoms with Gasteiger partial charge in [0.25, 0.3) is 0 Å². The third-order valence-corrected chi connectivity index (χ3v) is 3.81. The number of aromatic nitrogens is 1. The van der Waals surface area contributed by atoms with Crippen molar-refractivity contribution in [2.24, 2.45) is 0 Å². The average Bonchev–Trinajstić information content (AvgIpc) is 2.89. The zero-order valence-corrected chi connectivity index (χ0v) is 15.3. The van der Waals surface area contributed by atoms with Crippen LogP contribution >= 0.6 is 24.8 Å². The second kappa shape index (κ2) is 11.5. The molecule has 1 saturated heterocycles. The Morgan fingerprint density at radius 2 is 2.17 bits per heavy atom. The van der Waals surface area contributed by atoms with E-state index in [0.717, 1.165) is 17.9 Å². The van der Waals surface area contributed by atoms with E-state index in [2.05, 4.69) is 16.9 Å². The SMILES string of the molecule is CCOC(=O)CCc1cncc(OC[C@@H]2CCCN2C)c1.Cl.Cl. The van der Waals surface area contributed by atoms with Gasteiger partial charge in [-0.1, -0.05) is 0 Å². The topological polar surface area (TPSA) is 51.7 Å². The zero-order chi connectivity index (χ0) is 15.1. The first-order valence-electron chi connectivity index (χ1n) is 7.61. The van der Waals surface area contributed by atoms with Crippen molar-refractivity contribution in [3.63, 3.8) is 0 Å². The number of aryl methyl sites for hydroxylation is 1. The first-order valence-corrected chi connectivity index (χ1v) is 7.61. The van der Waals surface area contributed by atoms with Crippen molar-refractivity contribution >= 4 is 30.8 Å². The monoisotopic (exact) mass is 364 g/mol. The van der Waals surface area contributed by atoms with Crippen LogP contribution in [-0.4, -0.2) is 48.7 Å². The van der Waals surface area contributed by atoms with Crippen molar-refractivity contribution in [1.82, 2.24) is 9.88 Å². The summed E-state index contributed by atoms with van der Waals surface area (Å²) in [6.45, 7) is 4.08. The molecule has 1 aromatic heterocycles. The summed E-state index contributed by atoms with van der Waals surface area (Å²) < 4.78 is 10.8. The molecule has 0 N–H and O–H groups in total. The molecule has 1 aliphatic rings. The second-order valence-electron chi connectivity index (χ2n) is 5.42. The fourth-order valence-electron chi connectivity index (χ4n) is 2.54. The van der Waals surface area contributed by atoms with Crippen LogP contribution < -0.4 is 4.74 Å². The van der Waals surface area contributed by atoms with E-state index in [1.807, 2.05) is 13.0 Å². The van der Waals surface area contributed by atoms with Gasteiger partial charge in [-0.25, -0.2) is 0 Å². The largest absolute Gasteiger partial charge is 0.490 e. The fourth-order valence-corrected chi connectivity index (χ4v) is 2.54. The molecule has 1 fully saturated rings. The highest BCUT2D eigenvalue weighted by Crippen LogP contribution is 2.18. The van der Waals surface area contributed by atoms with Gasteiger partial charge in [0.2, 0.25) is 0 Å². The Morgan fingerprint density at radius 1 is 1.39 bits per heavy atom. The summed E-state index contributed by atoms with van der Waals surface area (Å²) in [6.07, 6.45) is 6.93. The number of halogens is 2. The lowest BCUT2D eigenvalue weighted by Gasteiger charge is -2.19. The average molecular weight is 365 g/mol. The summed E-state index contributed by atoms with van der Waals surface area (Å²) in [4.78, 5) is 17.9. The van der Waals surface area contributed by atoms with E-state index in [-0.39, 0.29) is 30.8 Å². The molecular weight excluding hydrogens is 339 g/mol. The highest BCUT2D eigenvalue weighted by atomic mass is 35.5. The van der Waals surface area contributed by atoms with Crippen molar-refractivity contribution in [3.8, 4) is 5.75 Å². The summed E-state index contributed by atoms with van der Waals surface area (Å²) >= 11 is 0. The third kappa shape index (κ3) is 7.38. The highest BCUT2D eigenvalue weighted by Gasteiger charge is 2.21. The Hall–Kier alpha value is -1.04. The van der Waals surface area contributed by atoms with Crippen molar-refractivity contribution in [3.05, 3.63) is 24.0 Å². The van der Waals surface area contributed by atoms with E-state index in [9.17, 15) is 4.79 Å². The molecule has 2 rings (SSSR count). The summed E-state index contributed by atoms with van der Waals surface area (Å²) in [6, 6.07) is 2.45. The van der Waals surface area contributed by atoms with Crippen LogP contribution in [0.25, 0.3) is 0 Å². The van der Waals surface area contributed by atoms with Crippen LogP contribution in [-0.2, 0) is 16.0 Å². The highest BCUT2D eigenvalue weighted by molar-refractivity contribution is 5.85. The maximum Gasteiger partial charge on any atom is 0.306 e. The number of pyridine rings is 1. The number of rotatable bonds is 7. The van der Waals surface area contributed by atoms with Crippen LogP contribution in [0, 0.1) is 0 Å². The molecule has 2 heterocycles. The summed E-state index contributed by atoms with van der Waals surface area (Å²) in [5.74, 6) is 0.605. The van der Waals surface area contributed by atoms with E-state index in [1.54, 1.807) is 12.4 Å². The maximum absolute atomic E-state index is 11.4. The van der Waals surface area contributed by atoms with Gasteiger partial charge in [-0.3, -0.25) is 9.78 Å². The molecule has 7 heteroatoms. The molecule has 0 aliphatic carbocycles. The first-order chi connectivity index (χ1) is 10.2. The first kappa shape index (κ1) is 22.0. The van der Waals surface area contributed by atoms with Crippen molar-refractivity contribution in [1.29, 1.82) is 0 Å². The minimum Gasteiger partial charge on any atom is -0.490 e. The van der Waals surface area contributed by atoms with Gasteiger partial charge in [-0.05, 0) is 51.4 Å². The number of hydrogen-bond donors (Lipinski definition) is 0. The molecule has 0 unspecified atom stereocenters. The number of esters is 1. The number of ether oxygens (including phenoxy) is 2. The van der Waals surface area contributed by atoms with Crippen LogP contribution in [0.15, 0.2) is 18.5 Å². The van der Waals surface area contributed by atoms with E-state index >= 15 is 0 Å². The molecule has 1 aliphatic heterocycles. The van der Waals surface area contributed by atoms with Gasteiger partial charge in [0.05, 0.1) is 12.8 Å². The van der Waals surface area contributed by atoms with Gasteiger partial charge in [-0.2, -0.15) is 0 Å². The Balaban J connectivity index is 0.00000242. The lowest BCUT2D eigenvalue weighted by atomic mass is 10.1. The molecule has 0 radical (unpaired) electrons. The van der Waals surface area contributed by atoms with Gasteiger partial charge in [0.1, 0.15) is 12.4 Å². The van der Waals surface area contributed by atoms with Crippen LogP contribution in [0.3, 0.4) is 0 Å². The molecule has 5 nitrogen and oxygen atoms in total. The standard InChI is InChI=1S/C16H24N2O3.2ClH/c1-3-20-16(19)7-6-13-9-15(11-17-10-13)21-12-14-5-4-8-18(14)2;;/h9-11,14H,3-8,12H2,1-2H3;2*1H/t14-;;/m0../s1. The molecule has 132 valence electrons. The zero-order valence-electron chi connectivity index (χ0n) is 13.7. The number of nitrogens with zero attached hydrogens (tertiary/aromatic N) is 2. The molecular formula is C16H26Cl2N2O3. The van der Waals surface area contributed by atoms with Gasteiger partial charge in [0.15, 0.2) is 0 Å². The second-order valence-corrected chi connectivity index (χ2v) is 5.42. The summed E-state index contributed by atoms with van der Waals surface area (Å²) in [5, 5.41) is 0. The van der Waals surface area contributed by atoms with E-state index in [4.69, 9.17) is 9.47 Å². The van der Waals surface area contributed by atoms with Gasteiger partial charge in [-0.15, -0.1) is 24.8 Å². The Morgan fingerprint density at radius 3 is 2.83 bits per heavy atom. The Kier molecular flexibility index (Phi) is 11.0. The van der Waals surface area contributed by atoms with Crippen LogP contribution in [0.2, 0.25) is 0 Å². The molecule has 0 bridgehead atoms. The molecule has 0 saturated carbocycles. The number of carbonyl (C=O) groups is 1. The molecule has 1 aromatic rings. The van der Waals surface area contributed by atoms with Crippen LogP contribution in [0.4, 0.5) is 0 Å². The molecule has 1 atom stereocenters. The predicted molar refractivity (Wildman–Crippen MR) is 94.8 cm³/mol. The van der Waals surface area contributed by atoms with Gasteiger partial charge in [0, 0.05) is 18.7 Å². The fraction of sp³-hybridized carbons (Fsp3) is 0.625.